The normalized spacial score (nSPS) is 26.7. The Morgan fingerprint density at radius 3 is 2.27 bits per heavy atom. The molecule has 2 unspecified atom stereocenters. The number of rotatable bonds is 8. The van der Waals surface area contributed by atoms with Crippen LogP contribution in [0.4, 0.5) is 0 Å². The van der Waals surface area contributed by atoms with E-state index in [0.29, 0.717) is 29.5 Å². The van der Waals surface area contributed by atoms with Crippen molar-refractivity contribution in [3.05, 3.63) is 0 Å². The zero-order valence-electron chi connectivity index (χ0n) is 16.8. The summed E-state index contributed by atoms with van der Waals surface area (Å²) in [5.74, 6) is 0.966. The maximum absolute atomic E-state index is 11.8. The lowest BCUT2D eigenvalue weighted by Crippen LogP contribution is -2.42. The predicted octanol–water partition coefficient (Wildman–Crippen LogP) is 2.94. The maximum atomic E-state index is 11.8. The molecule has 0 radical (unpaired) electrons. The van der Waals surface area contributed by atoms with E-state index in [1.165, 1.54) is 12.8 Å². The van der Waals surface area contributed by atoms with E-state index in [0.717, 1.165) is 25.0 Å². The summed E-state index contributed by atoms with van der Waals surface area (Å²) in [6.07, 6.45) is 10.4. The molecular weight excluding hydrogens is 372 g/mol. The van der Waals surface area contributed by atoms with Gasteiger partial charge in [-0.25, -0.2) is 8.42 Å². The summed E-state index contributed by atoms with van der Waals surface area (Å²) in [7, 11) is -4.03. The fraction of sp³-hybridized carbons (Fsp3) is 0.895. The first-order chi connectivity index (χ1) is 11.9. The molecule has 2 atom stereocenters. The third kappa shape index (κ3) is 5.80. The van der Waals surface area contributed by atoms with E-state index in [9.17, 15) is 22.6 Å². The quantitative estimate of drug-likeness (QED) is 0.351. The van der Waals surface area contributed by atoms with E-state index in [1.54, 1.807) is 0 Å². The predicted molar refractivity (Wildman–Crippen MR) is 106 cm³/mol. The molecule has 2 aliphatic carbocycles. The van der Waals surface area contributed by atoms with Crippen LogP contribution in [0.25, 0.3) is 0 Å². The van der Waals surface area contributed by atoms with Gasteiger partial charge < -0.3 is 4.55 Å². The Bertz CT molecular complexity index is 609. The Morgan fingerprint density at radius 2 is 1.88 bits per heavy atom. The van der Waals surface area contributed by atoms with Gasteiger partial charge >= 0.3 is 0 Å². The van der Waals surface area contributed by atoms with Gasteiger partial charge in [0, 0.05) is 18.3 Å². The molecule has 2 rings (SSSR count). The minimum atomic E-state index is -4.33. The molecule has 26 heavy (non-hydrogen) atoms. The maximum Gasteiger partial charge on any atom is 0.181 e. The lowest BCUT2D eigenvalue weighted by Gasteiger charge is -2.37. The highest BCUT2D eigenvalue weighted by atomic mass is 32.2. The molecule has 0 aromatic heterocycles. The Morgan fingerprint density at radius 1 is 1.27 bits per heavy atom. The van der Waals surface area contributed by atoms with Crippen molar-refractivity contribution in [1.29, 1.82) is 0 Å². The second-order valence-electron chi connectivity index (χ2n) is 8.49. The monoisotopic (exact) mass is 406 g/mol. The fourth-order valence-electron chi connectivity index (χ4n) is 4.38. The van der Waals surface area contributed by atoms with Gasteiger partial charge in [-0.05, 0) is 41.5 Å². The number of hydrogen-bond donors (Lipinski definition) is 0. The Labute approximate surface area is 161 Å². The molecule has 2 saturated carbocycles. The van der Waals surface area contributed by atoms with Crippen LogP contribution in [0.1, 0.15) is 65.7 Å². The van der Waals surface area contributed by atoms with Gasteiger partial charge in [-0.3, -0.25) is 9.59 Å². The molecule has 0 heterocycles. The van der Waals surface area contributed by atoms with Gasteiger partial charge in [0.2, 0.25) is 0 Å². The molecule has 0 aliphatic heterocycles. The molecule has 0 spiro atoms. The average molecular weight is 407 g/mol. The number of ketones is 2. The van der Waals surface area contributed by atoms with Crippen molar-refractivity contribution in [2.75, 3.05) is 24.0 Å². The molecule has 0 aromatic rings. The first-order valence-corrected chi connectivity index (χ1v) is 13.2. The van der Waals surface area contributed by atoms with Crippen molar-refractivity contribution in [1.82, 2.24) is 0 Å². The first-order valence-electron chi connectivity index (χ1n) is 9.38. The molecule has 0 N–H and O–H groups in total. The summed E-state index contributed by atoms with van der Waals surface area (Å²) in [5.41, 5.74) is -1.22. The van der Waals surface area contributed by atoms with Crippen LogP contribution >= 0.6 is 0 Å². The van der Waals surface area contributed by atoms with Crippen LogP contribution in [-0.4, -0.2) is 48.6 Å². The van der Waals surface area contributed by atoms with Crippen LogP contribution in [0.3, 0.4) is 0 Å². The van der Waals surface area contributed by atoms with Gasteiger partial charge in [0.15, 0.2) is 11.5 Å². The molecule has 2 fully saturated rings. The third-order valence-corrected chi connectivity index (χ3v) is 7.82. The Balaban J connectivity index is 0.000000276. The molecule has 152 valence electrons. The highest BCUT2D eigenvalue weighted by molar-refractivity contribution is 7.96. The van der Waals surface area contributed by atoms with Gasteiger partial charge in [-0.15, -0.1) is 0 Å². The van der Waals surface area contributed by atoms with Crippen molar-refractivity contribution in [2.24, 2.45) is 16.7 Å². The number of Topliss-reactive ketones (excluding diaryl/α,β-unsaturated/α-hetero) is 2. The van der Waals surface area contributed by atoms with Crippen LogP contribution < -0.4 is 0 Å². The fourth-order valence-corrected chi connectivity index (χ4v) is 6.45. The Hall–Kier alpha value is -0.400. The SMILES string of the molecule is CC1(C)C2CCC1(CS(=O)(=O)[O-])C(=O)C2.CCCCCC(=O)C[S+](C)C. The molecule has 7 heteroatoms. The highest BCUT2D eigenvalue weighted by Crippen LogP contribution is 2.64. The van der Waals surface area contributed by atoms with Gasteiger partial charge in [-0.2, -0.15) is 0 Å². The first kappa shape index (κ1) is 23.6. The summed E-state index contributed by atoms with van der Waals surface area (Å²) < 4.78 is 32.7. The average Bonchev–Trinajstić information content (AvgIpc) is 2.80. The number of hydrogen-bond acceptors (Lipinski definition) is 5. The van der Waals surface area contributed by atoms with Crippen molar-refractivity contribution >= 4 is 32.6 Å². The van der Waals surface area contributed by atoms with Crippen LogP contribution in [0.2, 0.25) is 0 Å². The minimum absolute atomic E-state index is 0.0248. The lowest BCUT2D eigenvalue weighted by atomic mass is 9.70. The van der Waals surface area contributed by atoms with E-state index >= 15 is 0 Å². The van der Waals surface area contributed by atoms with Gasteiger partial charge in [0.1, 0.15) is 5.78 Å². The Kier molecular flexibility index (Phi) is 8.36. The largest absolute Gasteiger partial charge is 0.748 e. The van der Waals surface area contributed by atoms with E-state index in [-0.39, 0.29) is 17.1 Å². The van der Waals surface area contributed by atoms with E-state index < -0.39 is 21.3 Å². The number of carbonyl (C=O) groups excluding carboxylic acids is 2. The van der Waals surface area contributed by atoms with Crippen LogP contribution in [0.15, 0.2) is 0 Å². The second-order valence-corrected chi connectivity index (χ2v) is 12.2. The van der Waals surface area contributed by atoms with E-state index in [1.807, 2.05) is 13.8 Å². The number of fused-ring (bicyclic) bond motifs is 2. The van der Waals surface area contributed by atoms with Gasteiger partial charge in [-0.1, -0.05) is 33.6 Å². The summed E-state index contributed by atoms with van der Waals surface area (Å²) in [5, 5.41) is 0. The standard InChI is InChI=1S/C10H16O4S.C9H19OS/c1-9(2)7-3-4-10(9,8(11)5-7)6-15(12,13)14;1-4-5-6-7-9(10)8-11(2)3/h7H,3-6H2,1-2H3,(H,12,13,14);4-8H2,1-3H3/q;+1/p-1. The van der Waals surface area contributed by atoms with Gasteiger partial charge in [0.25, 0.3) is 0 Å². The molecule has 2 bridgehead atoms. The lowest BCUT2D eigenvalue weighted by molar-refractivity contribution is -0.128. The van der Waals surface area contributed by atoms with Crippen molar-refractivity contribution in [3.8, 4) is 0 Å². The molecule has 0 saturated heterocycles. The third-order valence-electron chi connectivity index (χ3n) is 6.07. The number of unbranched alkanes of at least 4 members (excludes halogenated alkanes) is 2. The molecule has 2 aliphatic rings. The summed E-state index contributed by atoms with van der Waals surface area (Å²) in [6, 6.07) is 0. The second kappa shape index (κ2) is 9.20. The van der Waals surface area contributed by atoms with Crippen LogP contribution in [-0.2, 0) is 30.6 Å². The zero-order chi connectivity index (χ0) is 20.2. The molecule has 0 aromatic carbocycles. The summed E-state index contributed by atoms with van der Waals surface area (Å²) in [4.78, 5) is 23.0. The number of carbonyl (C=O) groups is 2. The molecule has 0 amide bonds. The van der Waals surface area contributed by atoms with Crippen LogP contribution in [0, 0.1) is 16.7 Å². The van der Waals surface area contributed by atoms with Crippen molar-refractivity contribution in [2.45, 2.75) is 65.7 Å². The van der Waals surface area contributed by atoms with Crippen molar-refractivity contribution in [3.63, 3.8) is 0 Å². The summed E-state index contributed by atoms with van der Waals surface area (Å²) >= 11 is 0. The van der Waals surface area contributed by atoms with Gasteiger partial charge in [0.05, 0.1) is 28.4 Å². The van der Waals surface area contributed by atoms with E-state index in [4.69, 9.17) is 0 Å². The van der Waals surface area contributed by atoms with Crippen molar-refractivity contribution < 1.29 is 22.6 Å². The molecule has 5 nitrogen and oxygen atoms in total. The highest BCUT2D eigenvalue weighted by Gasteiger charge is 2.64. The topological polar surface area (TPSA) is 91.3 Å². The van der Waals surface area contributed by atoms with Crippen LogP contribution in [0.5, 0.6) is 0 Å². The minimum Gasteiger partial charge on any atom is -0.748 e. The zero-order valence-corrected chi connectivity index (χ0v) is 18.4. The molecular formula is C19H34O5S2. The van der Waals surface area contributed by atoms with E-state index in [2.05, 4.69) is 19.4 Å². The smallest absolute Gasteiger partial charge is 0.181 e. The summed E-state index contributed by atoms with van der Waals surface area (Å²) in [6.45, 7) is 6.00.